The predicted octanol–water partition coefficient (Wildman–Crippen LogP) is 2.53. The summed E-state index contributed by atoms with van der Waals surface area (Å²) in [4.78, 5) is 11.6. The molecule has 0 heterocycles. The summed E-state index contributed by atoms with van der Waals surface area (Å²) in [5.41, 5.74) is 1.34. The quantitative estimate of drug-likeness (QED) is 0.735. The van der Waals surface area contributed by atoms with Gasteiger partial charge in [-0.1, -0.05) is 24.3 Å². The molecular formula is C12H12O2. The van der Waals surface area contributed by atoms with Crippen LogP contribution in [0.1, 0.15) is 24.8 Å². The molecule has 14 heavy (non-hydrogen) atoms. The molecule has 0 unspecified atom stereocenters. The molecule has 0 radical (unpaired) electrons. The minimum atomic E-state index is 0.137. The van der Waals surface area contributed by atoms with Crippen molar-refractivity contribution >= 4 is 11.4 Å². The second kappa shape index (κ2) is 3.66. The molecule has 1 aromatic rings. The van der Waals surface area contributed by atoms with Gasteiger partial charge >= 0.3 is 0 Å². The largest absolute Gasteiger partial charge is 0.507 e. The molecule has 2 rings (SSSR count). The standard InChI is InChI=1S/C12H12O2/c13-11-7-3-1-5-9(11)10-6-2-4-8-12(10)14/h1,3,5-7,13H,2,4,8H2. The Balaban J connectivity index is 2.44. The van der Waals surface area contributed by atoms with E-state index in [9.17, 15) is 9.90 Å². The summed E-state index contributed by atoms with van der Waals surface area (Å²) in [7, 11) is 0. The number of ketones is 1. The van der Waals surface area contributed by atoms with Gasteiger partial charge in [-0.3, -0.25) is 4.79 Å². The fourth-order valence-electron chi connectivity index (χ4n) is 1.72. The van der Waals surface area contributed by atoms with Gasteiger partial charge in [0.2, 0.25) is 0 Å². The summed E-state index contributed by atoms with van der Waals surface area (Å²) in [5, 5.41) is 9.59. The van der Waals surface area contributed by atoms with Crippen LogP contribution in [0.4, 0.5) is 0 Å². The molecule has 0 saturated carbocycles. The first-order chi connectivity index (χ1) is 6.79. The number of allylic oxidation sites excluding steroid dienone is 2. The van der Waals surface area contributed by atoms with Crippen LogP contribution in [0, 0.1) is 0 Å². The van der Waals surface area contributed by atoms with E-state index in [1.165, 1.54) is 0 Å². The van der Waals surface area contributed by atoms with Crippen LogP contribution < -0.4 is 0 Å². The molecule has 2 heteroatoms. The summed E-state index contributed by atoms with van der Waals surface area (Å²) < 4.78 is 0. The van der Waals surface area contributed by atoms with Crippen molar-refractivity contribution < 1.29 is 9.90 Å². The summed E-state index contributed by atoms with van der Waals surface area (Å²) in [5.74, 6) is 0.326. The van der Waals surface area contributed by atoms with E-state index in [1.54, 1.807) is 18.2 Å². The smallest absolute Gasteiger partial charge is 0.163 e. The first-order valence-electron chi connectivity index (χ1n) is 4.81. The first kappa shape index (κ1) is 9.00. The second-order valence-corrected chi connectivity index (χ2v) is 3.45. The van der Waals surface area contributed by atoms with Gasteiger partial charge in [0, 0.05) is 17.6 Å². The number of para-hydroxylation sites is 1. The zero-order valence-electron chi connectivity index (χ0n) is 7.86. The number of benzene rings is 1. The maximum absolute atomic E-state index is 11.6. The number of Topliss-reactive ketones (excluding diaryl/α,β-unsaturated/α-hetero) is 1. The van der Waals surface area contributed by atoms with Crippen molar-refractivity contribution in [2.24, 2.45) is 0 Å². The van der Waals surface area contributed by atoms with Crippen LogP contribution >= 0.6 is 0 Å². The maximum atomic E-state index is 11.6. The lowest BCUT2D eigenvalue weighted by Crippen LogP contribution is -2.05. The topological polar surface area (TPSA) is 37.3 Å². The highest BCUT2D eigenvalue weighted by Crippen LogP contribution is 2.29. The zero-order valence-corrected chi connectivity index (χ0v) is 7.86. The fourth-order valence-corrected chi connectivity index (χ4v) is 1.72. The van der Waals surface area contributed by atoms with Crippen LogP contribution in [0.5, 0.6) is 5.75 Å². The van der Waals surface area contributed by atoms with Crippen molar-refractivity contribution in [2.75, 3.05) is 0 Å². The van der Waals surface area contributed by atoms with Crippen molar-refractivity contribution in [1.82, 2.24) is 0 Å². The van der Waals surface area contributed by atoms with E-state index in [-0.39, 0.29) is 11.5 Å². The fraction of sp³-hybridized carbons (Fsp3) is 0.250. The minimum absolute atomic E-state index is 0.137. The molecule has 1 aliphatic carbocycles. The monoisotopic (exact) mass is 188 g/mol. The Hall–Kier alpha value is -1.57. The Morgan fingerprint density at radius 3 is 2.71 bits per heavy atom. The maximum Gasteiger partial charge on any atom is 0.163 e. The molecule has 0 saturated heterocycles. The van der Waals surface area contributed by atoms with Gasteiger partial charge in [-0.25, -0.2) is 0 Å². The first-order valence-corrected chi connectivity index (χ1v) is 4.81. The normalized spacial score (nSPS) is 16.6. The number of carbonyl (C=O) groups is 1. The Bertz CT molecular complexity index is 391. The number of aromatic hydroxyl groups is 1. The highest BCUT2D eigenvalue weighted by atomic mass is 16.3. The molecule has 0 aliphatic heterocycles. The van der Waals surface area contributed by atoms with Gasteiger partial charge in [-0.05, 0) is 18.9 Å². The van der Waals surface area contributed by atoms with Crippen molar-refractivity contribution in [3.63, 3.8) is 0 Å². The third kappa shape index (κ3) is 1.55. The number of phenols is 1. The summed E-state index contributed by atoms with van der Waals surface area (Å²) >= 11 is 0. The van der Waals surface area contributed by atoms with Crippen molar-refractivity contribution in [2.45, 2.75) is 19.3 Å². The molecule has 2 nitrogen and oxygen atoms in total. The number of rotatable bonds is 1. The minimum Gasteiger partial charge on any atom is -0.507 e. The van der Waals surface area contributed by atoms with Crippen LogP contribution in [0.25, 0.3) is 5.57 Å². The van der Waals surface area contributed by atoms with Crippen molar-refractivity contribution in [1.29, 1.82) is 0 Å². The molecule has 0 spiro atoms. The molecule has 0 bridgehead atoms. The van der Waals surface area contributed by atoms with Gasteiger partial charge in [0.15, 0.2) is 5.78 Å². The highest BCUT2D eigenvalue weighted by Gasteiger charge is 2.17. The average molecular weight is 188 g/mol. The van der Waals surface area contributed by atoms with Gasteiger partial charge in [0.1, 0.15) is 5.75 Å². The Morgan fingerprint density at radius 2 is 2.00 bits per heavy atom. The SMILES string of the molecule is O=C1CCCC=C1c1ccccc1O. The molecule has 0 atom stereocenters. The second-order valence-electron chi connectivity index (χ2n) is 3.45. The highest BCUT2D eigenvalue weighted by molar-refractivity contribution is 6.21. The molecular weight excluding hydrogens is 176 g/mol. The van der Waals surface area contributed by atoms with Gasteiger partial charge in [-0.15, -0.1) is 0 Å². The Labute approximate surface area is 82.9 Å². The lowest BCUT2D eigenvalue weighted by atomic mass is 9.92. The third-order valence-electron chi connectivity index (χ3n) is 2.45. The van der Waals surface area contributed by atoms with Gasteiger partial charge in [0.05, 0.1) is 0 Å². The summed E-state index contributed by atoms with van der Waals surface area (Å²) in [6.07, 6.45) is 4.37. The predicted molar refractivity (Wildman–Crippen MR) is 54.9 cm³/mol. The van der Waals surface area contributed by atoms with E-state index < -0.39 is 0 Å². The van der Waals surface area contributed by atoms with Crippen LogP contribution in [0.15, 0.2) is 30.3 Å². The van der Waals surface area contributed by atoms with Gasteiger partial charge < -0.3 is 5.11 Å². The van der Waals surface area contributed by atoms with Crippen LogP contribution in [-0.4, -0.2) is 10.9 Å². The Kier molecular flexibility index (Phi) is 2.35. The van der Waals surface area contributed by atoms with E-state index >= 15 is 0 Å². The molecule has 0 amide bonds. The summed E-state index contributed by atoms with van der Waals surface area (Å²) in [6, 6.07) is 6.98. The third-order valence-corrected chi connectivity index (χ3v) is 2.45. The van der Waals surface area contributed by atoms with Crippen LogP contribution in [0.3, 0.4) is 0 Å². The van der Waals surface area contributed by atoms with Gasteiger partial charge in [0.25, 0.3) is 0 Å². The lowest BCUT2D eigenvalue weighted by Gasteiger charge is -2.12. The van der Waals surface area contributed by atoms with Crippen molar-refractivity contribution in [3.05, 3.63) is 35.9 Å². The molecule has 72 valence electrons. The van der Waals surface area contributed by atoms with E-state index in [2.05, 4.69) is 0 Å². The van der Waals surface area contributed by atoms with Crippen LogP contribution in [-0.2, 0) is 4.79 Å². The lowest BCUT2D eigenvalue weighted by molar-refractivity contribution is -0.114. The molecule has 0 aromatic heterocycles. The number of hydrogen-bond acceptors (Lipinski definition) is 2. The number of hydrogen-bond donors (Lipinski definition) is 1. The van der Waals surface area contributed by atoms with E-state index in [0.717, 1.165) is 12.8 Å². The molecule has 1 aromatic carbocycles. The molecule has 1 aliphatic rings. The summed E-state index contributed by atoms with van der Waals surface area (Å²) in [6.45, 7) is 0. The van der Waals surface area contributed by atoms with E-state index in [1.807, 2.05) is 12.1 Å². The van der Waals surface area contributed by atoms with Gasteiger partial charge in [-0.2, -0.15) is 0 Å². The number of phenolic OH excluding ortho intramolecular Hbond substituents is 1. The van der Waals surface area contributed by atoms with E-state index in [0.29, 0.717) is 17.6 Å². The molecule has 0 fully saturated rings. The Morgan fingerprint density at radius 1 is 1.21 bits per heavy atom. The molecule has 1 N–H and O–H groups in total. The van der Waals surface area contributed by atoms with Crippen molar-refractivity contribution in [3.8, 4) is 5.75 Å². The number of carbonyl (C=O) groups excluding carboxylic acids is 1. The zero-order chi connectivity index (χ0) is 9.97. The average Bonchev–Trinajstić information content (AvgIpc) is 2.20. The van der Waals surface area contributed by atoms with Crippen LogP contribution in [0.2, 0.25) is 0 Å². The van der Waals surface area contributed by atoms with E-state index in [4.69, 9.17) is 0 Å².